The Morgan fingerprint density at radius 2 is 1.90 bits per heavy atom. The van der Waals surface area contributed by atoms with Crippen LogP contribution in [0.25, 0.3) is 0 Å². The number of nitrogens with zero attached hydrogens (tertiary/aromatic N) is 1. The maximum Gasteiger partial charge on any atom is 0.251 e. The number of hydrogen-bond donors (Lipinski definition) is 1. The Balaban J connectivity index is 1.36. The van der Waals surface area contributed by atoms with E-state index >= 15 is 0 Å². The molecule has 5 nitrogen and oxygen atoms in total. The average molecular weight is 419 g/mol. The Morgan fingerprint density at radius 1 is 1.14 bits per heavy atom. The molecule has 7 heteroatoms. The van der Waals surface area contributed by atoms with E-state index in [1.54, 1.807) is 18.2 Å². The van der Waals surface area contributed by atoms with Crippen LogP contribution in [-0.4, -0.2) is 42.5 Å². The molecule has 0 bridgehead atoms. The van der Waals surface area contributed by atoms with Crippen LogP contribution in [0.3, 0.4) is 0 Å². The van der Waals surface area contributed by atoms with Crippen molar-refractivity contribution in [2.75, 3.05) is 19.7 Å². The van der Waals surface area contributed by atoms with Crippen LogP contribution < -0.4 is 10.1 Å². The summed E-state index contributed by atoms with van der Waals surface area (Å²) in [5.41, 5.74) is 0.307. The Hall–Kier alpha value is -2.60. The monoisotopic (exact) mass is 418 g/mol. The highest BCUT2D eigenvalue weighted by molar-refractivity contribution is 6.32. The molecule has 3 rings (SSSR count). The first kappa shape index (κ1) is 21.1. The van der Waals surface area contributed by atoms with Gasteiger partial charge in [0.05, 0.1) is 11.6 Å². The third kappa shape index (κ3) is 6.19. The lowest BCUT2D eigenvalue weighted by Crippen LogP contribution is -2.46. The topological polar surface area (TPSA) is 58.6 Å². The number of piperidine rings is 1. The lowest BCUT2D eigenvalue weighted by atomic mass is 10.0. The first-order chi connectivity index (χ1) is 14.0. The van der Waals surface area contributed by atoms with Gasteiger partial charge in [0.1, 0.15) is 11.6 Å². The predicted molar refractivity (Wildman–Crippen MR) is 110 cm³/mol. The second kappa shape index (κ2) is 10.3. The molecule has 0 saturated carbocycles. The van der Waals surface area contributed by atoms with Crippen molar-refractivity contribution >= 4 is 23.4 Å². The number of rotatable bonds is 7. The average Bonchev–Trinajstić information content (AvgIpc) is 2.73. The Bertz CT molecular complexity index is 853. The summed E-state index contributed by atoms with van der Waals surface area (Å²) < 4.78 is 18.9. The highest BCUT2D eigenvalue weighted by Crippen LogP contribution is 2.23. The van der Waals surface area contributed by atoms with Gasteiger partial charge in [-0.1, -0.05) is 29.8 Å². The van der Waals surface area contributed by atoms with Gasteiger partial charge < -0.3 is 15.0 Å². The molecule has 154 valence electrons. The minimum absolute atomic E-state index is 0.0154. The lowest BCUT2D eigenvalue weighted by Gasteiger charge is -2.32. The normalized spacial score (nSPS) is 14.5. The van der Waals surface area contributed by atoms with Crippen molar-refractivity contribution in [3.8, 4) is 5.75 Å². The molecule has 2 aromatic rings. The summed E-state index contributed by atoms with van der Waals surface area (Å²) in [5, 5.41) is 3.48. The molecule has 1 fully saturated rings. The van der Waals surface area contributed by atoms with Gasteiger partial charge in [-0.05, 0) is 49.6 Å². The molecule has 1 saturated heterocycles. The minimum Gasteiger partial charge on any atom is -0.492 e. The summed E-state index contributed by atoms with van der Waals surface area (Å²) in [7, 11) is 0. The fraction of sp³-hybridized carbons (Fsp3) is 0.364. The van der Waals surface area contributed by atoms with Gasteiger partial charge in [-0.15, -0.1) is 0 Å². The van der Waals surface area contributed by atoms with Gasteiger partial charge in [0.25, 0.3) is 5.91 Å². The SMILES string of the molecule is O=C(NC1CCN(C(=O)CCCOc2ccccc2Cl)CC1)c1cccc(F)c1. The Morgan fingerprint density at radius 3 is 2.62 bits per heavy atom. The maximum absolute atomic E-state index is 13.3. The van der Waals surface area contributed by atoms with E-state index in [0.29, 0.717) is 61.7 Å². The highest BCUT2D eigenvalue weighted by Gasteiger charge is 2.24. The van der Waals surface area contributed by atoms with Gasteiger partial charge in [-0.3, -0.25) is 9.59 Å². The molecule has 2 amide bonds. The number of carbonyl (C=O) groups excluding carboxylic acids is 2. The predicted octanol–water partition coefficient (Wildman–Crippen LogP) is 4.06. The molecule has 0 radical (unpaired) electrons. The smallest absolute Gasteiger partial charge is 0.251 e. The quantitative estimate of drug-likeness (QED) is 0.690. The largest absolute Gasteiger partial charge is 0.492 e. The molecule has 1 N–H and O–H groups in total. The van der Waals surface area contributed by atoms with Gasteiger partial charge in [0, 0.05) is 31.1 Å². The van der Waals surface area contributed by atoms with Crippen molar-refractivity contribution in [2.24, 2.45) is 0 Å². The number of carbonyl (C=O) groups is 2. The van der Waals surface area contributed by atoms with E-state index in [0.717, 1.165) is 0 Å². The van der Waals surface area contributed by atoms with Gasteiger partial charge in [-0.2, -0.15) is 0 Å². The number of ether oxygens (including phenoxy) is 1. The zero-order chi connectivity index (χ0) is 20.6. The molecule has 0 spiro atoms. The number of amides is 2. The third-order valence-electron chi connectivity index (χ3n) is 4.90. The lowest BCUT2D eigenvalue weighted by molar-refractivity contribution is -0.132. The molecule has 0 aromatic heterocycles. The van der Waals surface area contributed by atoms with Crippen LogP contribution in [0.15, 0.2) is 48.5 Å². The van der Waals surface area contributed by atoms with Crippen LogP contribution in [0.4, 0.5) is 4.39 Å². The molecule has 29 heavy (non-hydrogen) atoms. The molecule has 0 aliphatic carbocycles. The van der Waals surface area contributed by atoms with Crippen molar-refractivity contribution in [3.05, 3.63) is 64.9 Å². The van der Waals surface area contributed by atoms with E-state index in [9.17, 15) is 14.0 Å². The molecule has 0 unspecified atom stereocenters. The fourth-order valence-corrected chi connectivity index (χ4v) is 3.49. The summed E-state index contributed by atoms with van der Waals surface area (Å²) in [4.78, 5) is 26.4. The second-order valence-corrected chi connectivity index (χ2v) is 7.43. The van der Waals surface area contributed by atoms with Gasteiger partial charge in [0.15, 0.2) is 0 Å². The van der Waals surface area contributed by atoms with Gasteiger partial charge in [0.2, 0.25) is 5.91 Å². The van der Waals surface area contributed by atoms with Crippen LogP contribution in [-0.2, 0) is 4.79 Å². The number of hydrogen-bond acceptors (Lipinski definition) is 3. The maximum atomic E-state index is 13.3. The van der Waals surface area contributed by atoms with Crippen LogP contribution >= 0.6 is 11.6 Å². The van der Waals surface area contributed by atoms with E-state index in [1.807, 2.05) is 17.0 Å². The number of para-hydroxylation sites is 1. The number of benzene rings is 2. The Kier molecular flexibility index (Phi) is 7.47. The van der Waals surface area contributed by atoms with E-state index in [2.05, 4.69) is 5.32 Å². The van der Waals surface area contributed by atoms with E-state index < -0.39 is 5.82 Å². The van der Waals surface area contributed by atoms with Gasteiger partial charge >= 0.3 is 0 Å². The fourth-order valence-electron chi connectivity index (χ4n) is 3.30. The van der Waals surface area contributed by atoms with Crippen molar-refractivity contribution < 1.29 is 18.7 Å². The third-order valence-corrected chi connectivity index (χ3v) is 5.21. The van der Waals surface area contributed by atoms with Gasteiger partial charge in [-0.25, -0.2) is 4.39 Å². The summed E-state index contributed by atoms with van der Waals surface area (Å²) in [6.45, 7) is 1.62. The van der Waals surface area contributed by atoms with E-state index in [4.69, 9.17) is 16.3 Å². The van der Waals surface area contributed by atoms with E-state index in [-0.39, 0.29) is 17.9 Å². The zero-order valence-corrected chi connectivity index (χ0v) is 16.8. The molecule has 0 atom stereocenters. The number of halogens is 2. The van der Waals surface area contributed by atoms with Crippen LogP contribution in [0.1, 0.15) is 36.0 Å². The summed E-state index contributed by atoms with van der Waals surface area (Å²) in [5.74, 6) is -0.0123. The van der Waals surface area contributed by atoms with Crippen molar-refractivity contribution in [2.45, 2.75) is 31.7 Å². The number of nitrogens with one attached hydrogen (secondary N) is 1. The standard InChI is InChI=1S/C22H24ClFN2O3/c23-19-7-1-2-8-20(19)29-14-4-9-21(27)26-12-10-18(11-13-26)25-22(28)16-5-3-6-17(24)15-16/h1-3,5-8,15,18H,4,9-14H2,(H,25,28). The van der Waals surface area contributed by atoms with E-state index in [1.165, 1.54) is 18.2 Å². The highest BCUT2D eigenvalue weighted by atomic mass is 35.5. The first-order valence-electron chi connectivity index (χ1n) is 9.74. The summed E-state index contributed by atoms with van der Waals surface area (Å²) >= 11 is 6.04. The molecule has 1 heterocycles. The molecule has 1 aliphatic rings. The van der Waals surface area contributed by atoms with Crippen LogP contribution in [0.2, 0.25) is 5.02 Å². The molecular formula is C22H24ClFN2O3. The summed E-state index contributed by atoms with van der Waals surface area (Å²) in [6, 6.07) is 12.9. The van der Waals surface area contributed by atoms with Crippen LogP contribution in [0.5, 0.6) is 5.75 Å². The molecular weight excluding hydrogens is 395 g/mol. The van der Waals surface area contributed by atoms with Crippen molar-refractivity contribution in [1.29, 1.82) is 0 Å². The summed E-state index contributed by atoms with van der Waals surface area (Å²) in [6.07, 6.45) is 2.39. The van der Waals surface area contributed by atoms with Crippen molar-refractivity contribution in [3.63, 3.8) is 0 Å². The minimum atomic E-state index is -0.434. The Labute approximate surface area is 174 Å². The first-order valence-corrected chi connectivity index (χ1v) is 10.1. The second-order valence-electron chi connectivity index (χ2n) is 7.02. The molecule has 1 aliphatic heterocycles. The molecule has 2 aromatic carbocycles. The van der Waals surface area contributed by atoms with Crippen LogP contribution in [0, 0.1) is 5.82 Å². The number of likely N-dealkylation sites (tertiary alicyclic amines) is 1. The zero-order valence-electron chi connectivity index (χ0n) is 16.1. The van der Waals surface area contributed by atoms with Crippen molar-refractivity contribution in [1.82, 2.24) is 10.2 Å².